The van der Waals surface area contributed by atoms with Crippen molar-refractivity contribution in [1.82, 2.24) is 5.32 Å². The lowest BCUT2D eigenvalue weighted by Gasteiger charge is -2.09. The van der Waals surface area contributed by atoms with Crippen LogP contribution in [0.15, 0.2) is 22.7 Å². The van der Waals surface area contributed by atoms with E-state index >= 15 is 0 Å². The summed E-state index contributed by atoms with van der Waals surface area (Å²) in [4.78, 5) is 10.5. The Bertz CT molecular complexity index is 412. The van der Waals surface area contributed by atoms with E-state index in [1.807, 2.05) is 18.2 Å². The minimum absolute atomic E-state index is 0.270. The molecule has 0 amide bonds. The van der Waals surface area contributed by atoms with Gasteiger partial charge in [-0.15, -0.1) is 0 Å². The SMILES string of the molecule is COc1ccc(CCNCC(N)C(=O)O)cc1Br. The van der Waals surface area contributed by atoms with Gasteiger partial charge in [0.15, 0.2) is 0 Å². The molecule has 1 rings (SSSR count). The van der Waals surface area contributed by atoms with Gasteiger partial charge in [-0.1, -0.05) is 6.07 Å². The number of halogens is 1. The third kappa shape index (κ3) is 4.64. The van der Waals surface area contributed by atoms with E-state index in [4.69, 9.17) is 15.6 Å². The predicted molar refractivity (Wildman–Crippen MR) is 72.9 cm³/mol. The van der Waals surface area contributed by atoms with E-state index in [1.54, 1.807) is 7.11 Å². The molecular formula is C12H17BrN2O3. The molecule has 5 nitrogen and oxygen atoms in total. The van der Waals surface area contributed by atoms with Crippen molar-refractivity contribution in [3.8, 4) is 5.75 Å². The zero-order valence-corrected chi connectivity index (χ0v) is 11.7. The fourth-order valence-corrected chi connectivity index (χ4v) is 2.03. The van der Waals surface area contributed by atoms with Gasteiger partial charge in [0.2, 0.25) is 0 Å². The molecule has 18 heavy (non-hydrogen) atoms. The van der Waals surface area contributed by atoms with Gasteiger partial charge < -0.3 is 20.9 Å². The Morgan fingerprint density at radius 2 is 2.33 bits per heavy atom. The molecule has 1 unspecified atom stereocenters. The highest BCUT2D eigenvalue weighted by atomic mass is 79.9. The topological polar surface area (TPSA) is 84.6 Å². The lowest BCUT2D eigenvalue weighted by molar-refractivity contribution is -0.138. The van der Waals surface area contributed by atoms with Crippen molar-refractivity contribution in [3.63, 3.8) is 0 Å². The lowest BCUT2D eigenvalue weighted by atomic mass is 10.1. The minimum atomic E-state index is -0.991. The molecule has 0 bridgehead atoms. The van der Waals surface area contributed by atoms with Crippen molar-refractivity contribution in [2.45, 2.75) is 12.5 Å². The van der Waals surface area contributed by atoms with Gasteiger partial charge in [-0.3, -0.25) is 4.79 Å². The molecule has 0 saturated heterocycles. The van der Waals surface area contributed by atoms with Gasteiger partial charge in [-0.25, -0.2) is 0 Å². The molecule has 0 heterocycles. The van der Waals surface area contributed by atoms with E-state index in [9.17, 15) is 4.79 Å². The first kappa shape index (κ1) is 14.9. The number of hydrogen-bond acceptors (Lipinski definition) is 4. The average molecular weight is 317 g/mol. The fraction of sp³-hybridized carbons (Fsp3) is 0.417. The number of nitrogens with one attached hydrogen (secondary N) is 1. The molecule has 6 heteroatoms. The van der Waals surface area contributed by atoms with Crippen LogP contribution < -0.4 is 15.8 Å². The molecule has 0 fully saturated rings. The third-order valence-electron chi connectivity index (χ3n) is 2.49. The number of carboxylic acid groups (broad SMARTS) is 1. The van der Waals surface area contributed by atoms with Crippen LogP contribution in [0.25, 0.3) is 0 Å². The maximum atomic E-state index is 10.5. The van der Waals surface area contributed by atoms with Crippen LogP contribution in [0, 0.1) is 0 Å². The largest absolute Gasteiger partial charge is 0.496 e. The predicted octanol–water partition coefficient (Wildman–Crippen LogP) is 1.00. The van der Waals surface area contributed by atoms with Crippen molar-refractivity contribution in [2.75, 3.05) is 20.2 Å². The van der Waals surface area contributed by atoms with Crippen molar-refractivity contribution < 1.29 is 14.6 Å². The summed E-state index contributed by atoms with van der Waals surface area (Å²) in [5.41, 5.74) is 6.51. The summed E-state index contributed by atoms with van der Waals surface area (Å²) in [6.07, 6.45) is 0.801. The molecule has 0 spiro atoms. The summed E-state index contributed by atoms with van der Waals surface area (Å²) in [5.74, 6) is -0.200. The van der Waals surface area contributed by atoms with Crippen LogP contribution >= 0.6 is 15.9 Å². The van der Waals surface area contributed by atoms with Crippen molar-refractivity contribution in [2.24, 2.45) is 5.73 Å². The van der Waals surface area contributed by atoms with E-state index < -0.39 is 12.0 Å². The van der Waals surface area contributed by atoms with Crippen molar-refractivity contribution >= 4 is 21.9 Å². The number of ether oxygens (including phenoxy) is 1. The Labute approximate surface area is 114 Å². The van der Waals surface area contributed by atoms with Crippen LogP contribution in [0.2, 0.25) is 0 Å². The second-order valence-electron chi connectivity index (χ2n) is 3.87. The quantitative estimate of drug-likeness (QED) is 0.654. The highest BCUT2D eigenvalue weighted by molar-refractivity contribution is 9.10. The molecule has 0 aliphatic carbocycles. The normalized spacial score (nSPS) is 12.2. The molecule has 0 saturated carbocycles. The van der Waals surface area contributed by atoms with Gasteiger partial charge in [0.05, 0.1) is 11.6 Å². The number of carbonyl (C=O) groups is 1. The number of benzene rings is 1. The molecule has 0 radical (unpaired) electrons. The van der Waals surface area contributed by atoms with E-state index in [0.717, 1.165) is 22.2 Å². The highest BCUT2D eigenvalue weighted by Gasteiger charge is 2.09. The number of methoxy groups -OCH3 is 1. The molecule has 1 atom stereocenters. The first-order valence-electron chi connectivity index (χ1n) is 5.56. The smallest absolute Gasteiger partial charge is 0.321 e. The van der Waals surface area contributed by atoms with E-state index in [2.05, 4.69) is 21.2 Å². The van der Waals surface area contributed by atoms with E-state index in [-0.39, 0.29) is 6.54 Å². The number of hydrogen-bond donors (Lipinski definition) is 3. The van der Waals surface area contributed by atoms with Crippen LogP contribution in [0.5, 0.6) is 5.75 Å². The lowest BCUT2D eigenvalue weighted by Crippen LogP contribution is -2.40. The molecule has 0 aliphatic heterocycles. The van der Waals surface area contributed by atoms with Crippen LogP contribution in [0.3, 0.4) is 0 Å². The maximum Gasteiger partial charge on any atom is 0.321 e. The van der Waals surface area contributed by atoms with Gasteiger partial charge in [-0.2, -0.15) is 0 Å². The first-order chi connectivity index (χ1) is 8.54. The molecule has 4 N–H and O–H groups in total. The summed E-state index contributed by atoms with van der Waals surface area (Å²) in [6.45, 7) is 0.951. The van der Waals surface area contributed by atoms with Gasteiger partial charge >= 0.3 is 5.97 Å². The molecule has 1 aromatic carbocycles. The summed E-state index contributed by atoms with van der Waals surface area (Å²) in [5, 5.41) is 11.6. The van der Waals surface area contributed by atoms with E-state index in [1.165, 1.54) is 0 Å². The Morgan fingerprint density at radius 1 is 1.61 bits per heavy atom. The Balaban J connectivity index is 2.36. The van der Waals surface area contributed by atoms with Gasteiger partial charge in [0.25, 0.3) is 0 Å². The van der Waals surface area contributed by atoms with Crippen LogP contribution in [0.1, 0.15) is 5.56 Å². The number of aliphatic carboxylic acids is 1. The molecule has 0 aliphatic rings. The zero-order chi connectivity index (χ0) is 13.5. The molecule has 1 aromatic rings. The molecular weight excluding hydrogens is 300 g/mol. The van der Waals surface area contributed by atoms with Crippen molar-refractivity contribution in [3.05, 3.63) is 28.2 Å². The fourth-order valence-electron chi connectivity index (χ4n) is 1.44. The molecule has 100 valence electrons. The van der Waals surface area contributed by atoms with Gasteiger partial charge in [-0.05, 0) is 46.6 Å². The number of rotatable bonds is 7. The van der Waals surface area contributed by atoms with Gasteiger partial charge in [0, 0.05) is 6.54 Å². The summed E-state index contributed by atoms with van der Waals surface area (Å²) < 4.78 is 6.05. The van der Waals surface area contributed by atoms with Gasteiger partial charge in [0.1, 0.15) is 11.8 Å². The zero-order valence-electron chi connectivity index (χ0n) is 10.1. The van der Waals surface area contributed by atoms with Crippen LogP contribution in [0.4, 0.5) is 0 Å². The standard InChI is InChI=1S/C12H17BrN2O3/c1-18-11-3-2-8(6-9(11)13)4-5-15-7-10(14)12(16)17/h2-3,6,10,15H,4-5,7,14H2,1H3,(H,16,17). The maximum absolute atomic E-state index is 10.5. The highest BCUT2D eigenvalue weighted by Crippen LogP contribution is 2.25. The number of carboxylic acids is 1. The minimum Gasteiger partial charge on any atom is -0.496 e. The Kier molecular flexibility index (Phi) is 6.11. The second kappa shape index (κ2) is 7.35. The summed E-state index contributed by atoms with van der Waals surface area (Å²) >= 11 is 3.42. The van der Waals surface area contributed by atoms with Crippen molar-refractivity contribution in [1.29, 1.82) is 0 Å². The van der Waals surface area contributed by atoms with Crippen LogP contribution in [-0.4, -0.2) is 37.3 Å². The van der Waals surface area contributed by atoms with Crippen LogP contribution in [-0.2, 0) is 11.2 Å². The number of nitrogens with two attached hydrogens (primary N) is 1. The summed E-state index contributed by atoms with van der Waals surface area (Å²) in [7, 11) is 1.62. The molecule has 0 aromatic heterocycles. The Morgan fingerprint density at radius 3 is 2.89 bits per heavy atom. The monoisotopic (exact) mass is 316 g/mol. The van der Waals surface area contributed by atoms with E-state index in [0.29, 0.717) is 6.54 Å². The average Bonchev–Trinajstić information content (AvgIpc) is 2.34. The third-order valence-corrected chi connectivity index (χ3v) is 3.11. The first-order valence-corrected chi connectivity index (χ1v) is 6.35. The summed E-state index contributed by atoms with van der Waals surface area (Å²) in [6, 6.07) is 5.00. The second-order valence-corrected chi connectivity index (χ2v) is 4.72. The Hall–Kier alpha value is -1.11.